The first-order chi connectivity index (χ1) is 10.1. The van der Waals surface area contributed by atoms with Crippen LogP contribution in [-0.4, -0.2) is 49.0 Å². The molecule has 1 N–H and O–H groups in total. The first kappa shape index (κ1) is 20.1. The highest BCUT2D eigenvalue weighted by atomic mass is 28.3. The number of rotatable bonds is 8. The van der Waals surface area contributed by atoms with Crippen molar-refractivity contribution in [2.24, 2.45) is 0 Å². The van der Waals surface area contributed by atoms with Gasteiger partial charge >= 0.3 is 9.45 Å². The summed E-state index contributed by atoms with van der Waals surface area (Å²) in [6, 6.07) is 0. The quantitative estimate of drug-likeness (QED) is 0.690. The van der Waals surface area contributed by atoms with Crippen LogP contribution in [-0.2, 0) is 8.85 Å². The maximum Gasteiger partial charge on any atom is 0.492 e. The van der Waals surface area contributed by atoms with E-state index >= 15 is 0 Å². The van der Waals surface area contributed by atoms with Crippen LogP contribution in [0.25, 0.3) is 0 Å². The molecule has 1 radical (unpaired) electrons. The van der Waals surface area contributed by atoms with Gasteiger partial charge in [-0.3, -0.25) is 4.57 Å². The summed E-state index contributed by atoms with van der Waals surface area (Å²) in [6.45, 7) is 15.9. The van der Waals surface area contributed by atoms with Crippen LogP contribution in [0.15, 0.2) is 0 Å². The minimum atomic E-state index is -1.54. The average molecular weight is 331 g/mol. The zero-order valence-corrected chi connectivity index (χ0v) is 16.6. The second-order valence-electron chi connectivity index (χ2n) is 7.74. The monoisotopic (exact) mass is 330 g/mol. The molecule has 0 spiro atoms. The van der Waals surface area contributed by atoms with E-state index < -0.39 is 9.45 Å². The second-order valence-corrected chi connectivity index (χ2v) is 9.24. The van der Waals surface area contributed by atoms with Gasteiger partial charge in [0, 0.05) is 23.8 Å². The highest BCUT2D eigenvalue weighted by Crippen LogP contribution is 2.39. The molecule has 1 heterocycles. The van der Waals surface area contributed by atoms with Gasteiger partial charge in [-0.05, 0) is 73.6 Å². The Balaban J connectivity index is 2.87. The number of aliphatic hydroxyl groups excluding tert-OH is 1. The van der Waals surface area contributed by atoms with Gasteiger partial charge in [-0.15, -0.1) is 0 Å². The Kier molecular flexibility index (Phi) is 7.53. The van der Waals surface area contributed by atoms with Gasteiger partial charge in [0.15, 0.2) is 0 Å². The van der Waals surface area contributed by atoms with Crippen molar-refractivity contribution in [3.8, 4) is 0 Å². The minimum Gasteiger partial charge on any atom is -0.393 e. The topological polar surface area (TPSA) is 41.9 Å². The molecule has 1 rings (SSSR count). The Morgan fingerprint density at radius 1 is 1.14 bits per heavy atom. The molecule has 131 valence electrons. The van der Waals surface area contributed by atoms with Crippen LogP contribution in [0.2, 0.25) is 0 Å². The van der Waals surface area contributed by atoms with Crippen molar-refractivity contribution in [2.45, 2.75) is 104 Å². The van der Waals surface area contributed by atoms with Crippen LogP contribution in [0, 0.1) is 0 Å². The fraction of sp³-hybridized carbons (Fsp3) is 1.00. The van der Waals surface area contributed by atoms with E-state index in [4.69, 9.17) is 8.85 Å². The summed E-state index contributed by atoms with van der Waals surface area (Å²) in [6.07, 6.45) is 4.77. The van der Waals surface area contributed by atoms with Crippen LogP contribution in [0.4, 0.5) is 0 Å². The van der Waals surface area contributed by atoms with E-state index in [1.807, 2.05) is 20.8 Å². The van der Waals surface area contributed by atoms with Crippen LogP contribution in [0.3, 0.4) is 0 Å². The van der Waals surface area contributed by atoms with Crippen LogP contribution >= 0.6 is 0 Å². The summed E-state index contributed by atoms with van der Waals surface area (Å²) in [5.74, 6) is 0. The first-order valence-electron chi connectivity index (χ1n) is 8.79. The van der Waals surface area contributed by atoms with Crippen molar-refractivity contribution in [2.75, 3.05) is 6.61 Å². The van der Waals surface area contributed by atoms with Crippen molar-refractivity contribution in [1.29, 1.82) is 0 Å². The Morgan fingerprint density at radius 2 is 1.68 bits per heavy atom. The van der Waals surface area contributed by atoms with Gasteiger partial charge in [-0.2, -0.15) is 0 Å². The molecule has 4 nitrogen and oxygen atoms in total. The third-order valence-electron chi connectivity index (χ3n) is 4.62. The molecular weight excluding hydrogens is 294 g/mol. The summed E-state index contributed by atoms with van der Waals surface area (Å²) in [7, 11) is -1.54. The van der Waals surface area contributed by atoms with E-state index in [9.17, 15) is 5.11 Å². The van der Waals surface area contributed by atoms with Crippen LogP contribution < -0.4 is 0 Å². The van der Waals surface area contributed by atoms with Gasteiger partial charge in [0.2, 0.25) is 0 Å². The maximum absolute atomic E-state index is 9.86. The largest absolute Gasteiger partial charge is 0.492 e. The van der Waals surface area contributed by atoms with Gasteiger partial charge in [0.05, 0.1) is 6.10 Å². The maximum atomic E-state index is 9.86. The molecule has 1 fully saturated rings. The van der Waals surface area contributed by atoms with Crippen LogP contribution in [0.5, 0.6) is 0 Å². The summed E-state index contributed by atoms with van der Waals surface area (Å²) in [4.78, 5) is 0. The number of hydrogen-bond acceptors (Lipinski definition) is 4. The molecule has 22 heavy (non-hydrogen) atoms. The standard InChI is InChI=1S/C17H36NO3Si/c1-8-15(19)13-14(3)21-22(20-9-2)18-16(4,5)11-10-12-17(18,6)7/h14-15,19H,8-13H2,1-7H3. The summed E-state index contributed by atoms with van der Waals surface area (Å²) < 4.78 is 14.9. The minimum absolute atomic E-state index is 0.0175. The molecule has 1 aliphatic heterocycles. The van der Waals surface area contributed by atoms with Crippen molar-refractivity contribution in [1.82, 2.24) is 4.57 Å². The van der Waals surface area contributed by atoms with Gasteiger partial charge in [-0.1, -0.05) is 6.92 Å². The van der Waals surface area contributed by atoms with Crippen molar-refractivity contribution >= 4 is 9.45 Å². The predicted octanol–water partition coefficient (Wildman–Crippen LogP) is 3.62. The molecule has 0 aromatic rings. The number of aliphatic hydroxyl groups is 1. The molecule has 0 saturated carbocycles. The molecule has 5 heteroatoms. The highest BCUT2D eigenvalue weighted by Gasteiger charge is 2.49. The van der Waals surface area contributed by atoms with E-state index in [0.717, 1.165) is 6.42 Å². The lowest BCUT2D eigenvalue weighted by atomic mass is 9.83. The zero-order chi connectivity index (χ0) is 17.0. The smallest absolute Gasteiger partial charge is 0.393 e. The molecule has 0 amide bonds. The molecule has 1 aliphatic rings. The number of hydrogen-bond donors (Lipinski definition) is 1. The lowest BCUT2D eigenvalue weighted by Gasteiger charge is -2.54. The van der Waals surface area contributed by atoms with Gasteiger partial charge in [-0.25, -0.2) is 0 Å². The van der Waals surface area contributed by atoms with Crippen molar-refractivity contribution in [3.05, 3.63) is 0 Å². The number of piperidine rings is 1. The Morgan fingerprint density at radius 3 is 2.14 bits per heavy atom. The molecule has 0 aliphatic carbocycles. The zero-order valence-electron chi connectivity index (χ0n) is 15.6. The fourth-order valence-corrected chi connectivity index (χ4v) is 5.74. The Hall–Kier alpha value is 0.0569. The highest BCUT2D eigenvalue weighted by molar-refractivity contribution is 6.41. The van der Waals surface area contributed by atoms with E-state index in [1.165, 1.54) is 19.3 Å². The summed E-state index contributed by atoms with van der Waals surface area (Å²) in [5, 5.41) is 9.86. The van der Waals surface area contributed by atoms with Gasteiger partial charge in [0.1, 0.15) is 0 Å². The van der Waals surface area contributed by atoms with Gasteiger partial charge in [0.25, 0.3) is 0 Å². The average Bonchev–Trinajstić information content (AvgIpc) is 2.36. The first-order valence-corrected chi connectivity index (χ1v) is 10.0. The van der Waals surface area contributed by atoms with E-state index in [-0.39, 0.29) is 23.3 Å². The Labute approximate surface area is 139 Å². The molecule has 2 unspecified atom stereocenters. The fourth-order valence-electron chi connectivity index (χ4n) is 3.54. The molecule has 0 aromatic carbocycles. The third kappa shape index (κ3) is 5.30. The third-order valence-corrected chi connectivity index (χ3v) is 7.33. The molecule has 2 atom stereocenters. The van der Waals surface area contributed by atoms with Gasteiger partial charge < -0.3 is 14.0 Å². The second kappa shape index (κ2) is 8.24. The molecular formula is C17H36NO3Si. The lowest BCUT2D eigenvalue weighted by Crippen LogP contribution is -2.66. The van der Waals surface area contributed by atoms with E-state index in [2.05, 4.69) is 32.3 Å². The summed E-state index contributed by atoms with van der Waals surface area (Å²) in [5.41, 5.74) is 0.183. The van der Waals surface area contributed by atoms with Crippen molar-refractivity contribution < 1.29 is 14.0 Å². The molecule has 1 saturated heterocycles. The molecule has 0 aromatic heterocycles. The van der Waals surface area contributed by atoms with E-state index in [1.54, 1.807) is 0 Å². The predicted molar refractivity (Wildman–Crippen MR) is 92.7 cm³/mol. The number of nitrogens with zero attached hydrogens (tertiary/aromatic N) is 1. The van der Waals surface area contributed by atoms with E-state index in [0.29, 0.717) is 13.0 Å². The van der Waals surface area contributed by atoms with Crippen LogP contribution in [0.1, 0.15) is 80.6 Å². The summed E-state index contributed by atoms with van der Waals surface area (Å²) >= 11 is 0. The van der Waals surface area contributed by atoms with Crippen molar-refractivity contribution in [3.63, 3.8) is 0 Å². The Bertz CT molecular complexity index is 320. The lowest BCUT2D eigenvalue weighted by molar-refractivity contribution is -0.0185. The SMILES string of the molecule is CCO[Si](OC(C)CC(O)CC)N1C(C)(C)CCCC1(C)C. The molecule has 0 bridgehead atoms. The normalized spacial score (nSPS) is 24.4.